The molecule has 12 heteroatoms. The largest absolute Gasteiger partial charge is 0.433 e. The van der Waals surface area contributed by atoms with Gasteiger partial charge in [0.2, 0.25) is 0 Å². The van der Waals surface area contributed by atoms with Crippen molar-refractivity contribution in [2.24, 2.45) is 0 Å². The zero-order valence-electron chi connectivity index (χ0n) is 10.6. The second-order valence-electron chi connectivity index (χ2n) is 4.02. The molecule has 0 amide bonds. The van der Waals surface area contributed by atoms with Crippen LogP contribution in [0.5, 0.6) is 0 Å². The maximum absolute atomic E-state index is 13.4. The Hall–Kier alpha value is -2.11. The van der Waals surface area contributed by atoms with E-state index in [9.17, 15) is 35.5 Å². The lowest BCUT2D eigenvalue weighted by Crippen LogP contribution is -2.16. The second-order valence-corrected chi connectivity index (χ2v) is 4.99. The zero-order valence-corrected chi connectivity index (χ0v) is 11.5. The Morgan fingerprint density at radius 3 is 2.13 bits per heavy atom. The Bertz CT molecular complexity index is 779. The minimum Gasteiger partial charge on any atom is -0.301 e. The minimum absolute atomic E-state index is 0.191. The second kappa shape index (κ2) is 6.18. The van der Waals surface area contributed by atoms with Crippen LogP contribution < -0.4 is 5.56 Å². The summed E-state index contributed by atoms with van der Waals surface area (Å²) in [5.74, 6) is -8.19. The number of H-pyrrole nitrogens is 1. The number of nitrogens with one attached hydrogen (secondary N) is 1. The van der Waals surface area contributed by atoms with Crippen molar-refractivity contribution in [3.8, 4) is 0 Å². The van der Waals surface area contributed by atoms with Gasteiger partial charge in [-0.3, -0.25) is 4.79 Å². The summed E-state index contributed by atoms with van der Waals surface area (Å²) in [6.45, 7) is 0. The molecular weight excluding hydrogens is 355 g/mol. The molecule has 0 radical (unpaired) electrons. The average molecular weight is 359 g/mol. The number of thioether (sulfide) groups is 1. The van der Waals surface area contributed by atoms with E-state index < -0.39 is 57.4 Å². The van der Waals surface area contributed by atoms with Gasteiger partial charge in [-0.1, -0.05) is 11.8 Å². The molecule has 23 heavy (non-hydrogen) atoms. The van der Waals surface area contributed by atoms with Gasteiger partial charge >= 0.3 is 6.18 Å². The number of aromatic amines is 1. The van der Waals surface area contributed by atoms with Gasteiger partial charge in [-0.15, -0.1) is 0 Å². The van der Waals surface area contributed by atoms with Crippen LogP contribution in [0.4, 0.5) is 30.7 Å². The summed E-state index contributed by atoms with van der Waals surface area (Å²) in [4.78, 5) is 18.4. The van der Waals surface area contributed by atoms with Gasteiger partial charge in [-0.05, 0) is 0 Å². The Labute approximate surface area is 126 Å². The fraction of sp³-hybridized carbons (Fsp3) is 0.182. The molecule has 0 atom stereocenters. The molecule has 124 valence electrons. The lowest BCUT2D eigenvalue weighted by atomic mass is 10.3. The highest BCUT2D eigenvalue weighted by atomic mass is 32.2. The van der Waals surface area contributed by atoms with Crippen molar-refractivity contribution in [3.05, 3.63) is 51.2 Å². The lowest BCUT2D eigenvalue weighted by molar-refractivity contribution is -0.141. The third kappa shape index (κ3) is 3.81. The molecule has 0 spiro atoms. The summed E-state index contributed by atoms with van der Waals surface area (Å²) in [6, 6.07) is 0.191. The molecule has 0 aliphatic heterocycles. The highest BCUT2D eigenvalue weighted by Crippen LogP contribution is 2.29. The van der Waals surface area contributed by atoms with Gasteiger partial charge in [-0.2, -0.15) is 26.9 Å². The van der Waals surface area contributed by atoms with Crippen LogP contribution in [0, 0.1) is 23.5 Å². The number of nitrogens with zero attached hydrogens (tertiary/aromatic N) is 2. The predicted molar refractivity (Wildman–Crippen MR) is 63.5 cm³/mol. The summed E-state index contributed by atoms with van der Waals surface area (Å²) in [5.41, 5.74) is -3.75. The molecule has 2 heterocycles. The van der Waals surface area contributed by atoms with E-state index in [1.165, 1.54) is 0 Å². The smallest absolute Gasteiger partial charge is 0.301 e. The monoisotopic (exact) mass is 359 g/mol. The van der Waals surface area contributed by atoms with Crippen molar-refractivity contribution in [2.45, 2.75) is 17.1 Å². The molecular formula is C11H4F7N3OS. The van der Waals surface area contributed by atoms with E-state index in [4.69, 9.17) is 0 Å². The van der Waals surface area contributed by atoms with Gasteiger partial charge < -0.3 is 4.98 Å². The van der Waals surface area contributed by atoms with Crippen molar-refractivity contribution in [1.82, 2.24) is 15.0 Å². The van der Waals surface area contributed by atoms with Gasteiger partial charge in [0.15, 0.2) is 22.5 Å². The third-order valence-corrected chi connectivity index (χ3v) is 3.35. The van der Waals surface area contributed by atoms with E-state index in [0.29, 0.717) is 0 Å². The van der Waals surface area contributed by atoms with Crippen LogP contribution in [0.1, 0.15) is 11.3 Å². The fourth-order valence-corrected chi connectivity index (χ4v) is 2.32. The standard InChI is InChI=1S/C11H4F7N3OS/c12-6-3(7(13)9(15)21-8(6)14)2-23-10-19-4(11(16,17)18)1-5(22)20-10/h1H,2H2,(H,19,20,22). The number of pyridine rings is 1. The highest BCUT2D eigenvalue weighted by molar-refractivity contribution is 7.98. The van der Waals surface area contributed by atoms with Crippen molar-refractivity contribution in [1.29, 1.82) is 0 Å². The lowest BCUT2D eigenvalue weighted by Gasteiger charge is -2.08. The molecule has 0 saturated heterocycles. The third-order valence-electron chi connectivity index (χ3n) is 2.45. The van der Waals surface area contributed by atoms with E-state index in [2.05, 4.69) is 9.97 Å². The highest BCUT2D eigenvalue weighted by Gasteiger charge is 2.33. The molecule has 0 aliphatic carbocycles. The first-order valence-corrected chi connectivity index (χ1v) is 6.58. The maximum Gasteiger partial charge on any atom is 0.433 e. The van der Waals surface area contributed by atoms with Crippen molar-refractivity contribution in [2.75, 3.05) is 0 Å². The fourth-order valence-electron chi connectivity index (χ4n) is 1.45. The first kappa shape index (κ1) is 17.2. The number of rotatable bonds is 3. The van der Waals surface area contributed by atoms with Gasteiger partial charge in [0, 0.05) is 17.4 Å². The Morgan fingerprint density at radius 1 is 1.04 bits per heavy atom. The number of halogens is 7. The molecule has 0 fully saturated rings. The summed E-state index contributed by atoms with van der Waals surface area (Å²) < 4.78 is 90.0. The molecule has 2 rings (SSSR count). The first-order valence-electron chi connectivity index (χ1n) is 5.60. The first-order chi connectivity index (χ1) is 10.6. The van der Waals surface area contributed by atoms with E-state index >= 15 is 0 Å². The Kier molecular flexibility index (Phi) is 4.63. The Balaban J connectivity index is 2.33. The minimum atomic E-state index is -4.91. The van der Waals surface area contributed by atoms with Crippen LogP contribution in [0.2, 0.25) is 0 Å². The summed E-state index contributed by atoms with van der Waals surface area (Å²) in [6.07, 6.45) is -4.91. The van der Waals surface area contributed by atoms with E-state index in [0.717, 1.165) is 0 Å². The zero-order chi connectivity index (χ0) is 17.4. The number of alkyl halides is 3. The summed E-state index contributed by atoms with van der Waals surface area (Å²) >= 11 is 0.256. The molecule has 1 N–H and O–H groups in total. The molecule has 0 saturated carbocycles. The topological polar surface area (TPSA) is 58.6 Å². The van der Waals surface area contributed by atoms with Crippen molar-refractivity contribution in [3.63, 3.8) is 0 Å². The average Bonchev–Trinajstić information content (AvgIpc) is 2.44. The van der Waals surface area contributed by atoms with Crippen molar-refractivity contribution < 1.29 is 30.7 Å². The SMILES string of the molecule is O=c1cc(C(F)(F)F)nc(SCc2c(F)c(F)nc(F)c2F)[nH]1. The van der Waals surface area contributed by atoms with Crippen LogP contribution >= 0.6 is 11.8 Å². The van der Waals surface area contributed by atoms with Crippen LogP contribution in [0.15, 0.2) is 16.0 Å². The molecule has 2 aromatic heterocycles. The van der Waals surface area contributed by atoms with E-state index in [1.807, 2.05) is 4.98 Å². The van der Waals surface area contributed by atoms with E-state index in [-0.39, 0.29) is 17.8 Å². The van der Waals surface area contributed by atoms with Gasteiger partial charge in [0.05, 0.1) is 0 Å². The normalized spacial score (nSPS) is 11.8. The van der Waals surface area contributed by atoms with Crippen LogP contribution in [-0.4, -0.2) is 15.0 Å². The van der Waals surface area contributed by atoms with Gasteiger partial charge in [-0.25, -0.2) is 13.8 Å². The number of hydrogen-bond acceptors (Lipinski definition) is 4. The van der Waals surface area contributed by atoms with E-state index in [1.54, 1.807) is 0 Å². The van der Waals surface area contributed by atoms with Crippen LogP contribution in [-0.2, 0) is 11.9 Å². The van der Waals surface area contributed by atoms with Gasteiger partial charge in [0.25, 0.3) is 17.5 Å². The van der Waals surface area contributed by atoms with Crippen LogP contribution in [0.25, 0.3) is 0 Å². The molecule has 0 unspecified atom stereocenters. The summed E-state index contributed by atoms with van der Waals surface area (Å²) in [7, 11) is 0. The quantitative estimate of drug-likeness (QED) is 0.396. The molecule has 0 aromatic carbocycles. The molecule has 2 aromatic rings. The predicted octanol–water partition coefficient (Wildman–Crippen LogP) is 3.03. The maximum atomic E-state index is 13.4. The molecule has 0 aliphatic rings. The number of hydrogen-bond donors (Lipinski definition) is 1. The molecule has 0 bridgehead atoms. The Morgan fingerprint density at radius 2 is 1.61 bits per heavy atom. The molecule has 4 nitrogen and oxygen atoms in total. The number of aromatic nitrogens is 3. The van der Waals surface area contributed by atoms with Crippen LogP contribution in [0.3, 0.4) is 0 Å². The van der Waals surface area contributed by atoms with Gasteiger partial charge in [0.1, 0.15) is 0 Å². The van der Waals surface area contributed by atoms with Crippen molar-refractivity contribution >= 4 is 11.8 Å². The summed E-state index contributed by atoms with van der Waals surface area (Å²) in [5, 5.41) is -0.624.